The van der Waals surface area contributed by atoms with Crippen LogP contribution in [0.4, 0.5) is 10.8 Å². The van der Waals surface area contributed by atoms with Crippen molar-refractivity contribution in [1.82, 2.24) is 20.8 Å². The molecule has 26 heavy (non-hydrogen) atoms. The highest BCUT2D eigenvalue weighted by Gasteiger charge is 2.10. The second-order valence-electron chi connectivity index (χ2n) is 6.10. The number of nitrogens with one attached hydrogen (secondary N) is 3. The van der Waals surface area contributed by atoms with Crippen LogP contribution in [0.15, 0.2) is 22.5 Å². The summed E-state index contributed by atoms with van der Waals surface area (Å²) in [6, 6.07) is 6.19. The molecule has 140 valence electrons. The van der Waals surface area contributed by atoms with Crippen molar-refractivity contribution in [2.75, 3.05) is 17.6 Å². The van der Waals surface area contributed by atoms with Crippen molar-refractivity contribution in [3.8, 4) is 0 Å². The molecule has 0 radical (unpaired) electrons. The summed E-state index contributed by atoms with van der Waals surface area (Å²) in [5.41, 5.74) is 3.32. The average molecular weight is 394 g/mol. The van der Waals surface area contributed by atoms with Gasteiger partial charge >= 0.3 is 0 Å². The lowest BCUT2D eigenvalue weighted by molar-refractivity contribution is -0.125. The van der Waals surface area contributed by atoms with Gasteiger partial charge in [-0.05, 0) is 39.3 Å². The molecular formula is C17H23N5O2S2. The van der Waals surface area contributed by atoms with Crippen LogP contribution in [0.5, 0.6) is 0 Å². The second-order valence-corrected chi connectivity index (χ2v) is 8.30. The maximum Gasteiger partial charge on any atom is 0.239 e. The monoisotopic (exact) mass is 393 g/mol. The van der Waals surface area contributed by atoms with E-state index in [1.807, 2.05) is 39.8 Å². The molecule has 2 aromatic rings. The predicted molar refractivity (Wildman–Crippen MR) is 106 cm³/mol. The molecule has 0 saturated heterocycles. The summed E-state index contributed by atoms with van der Waals surface area (Å²) in [4.78, 5) is 23.3. The first-order valence-corrected chi connectivity index (χ1v) is 10.0. The van der Waals surface area contributed by atoms with E-state index in [0.717, 1.165) is 11.3 Å². The van der Waals surface area contributed by atoms with Gasteiger partial charge in [-0.25, -0.2) is 0 Å². The Bertz CT molecular complexity index is 776. The largest absolute Gasteiger partial charge is 0.352 e. The molecule has 3 N–H and O–H groups in total. The summed E-state index contributed by atoms with van der Waals surface area (Å²) in [7, 11) is 0. The van der Waals surface area contributed by atoms with E-state index in [1.165, 1.54) is 28.7 Å². The van der Waals surface area contributed by atoms with Gasteiger partial charge in [0.2, 0.25) is 16.9 Å². The van der Waals surface area contributed by atoms with E-state index >= 15 is 0 Å². The number of anilines is 2. The smallest absolute Gasteiger partial charge is 0.239 e. The molecule has 1 aromatic heterocycles. The van der Waals surface area contributed by atoms with Crippen LogP contribution in [0.2, 0.25) is 0 Å². The Morgan fingerprint density at radius 2 is 1.96 bits per heavy atom. The fraction of sp³-hybridized carbons (Fsp3) is 0.412. The summed E-state index contributed by atoms with van der Waals surface area (Å²) in [5, 5.41) is 17.4. The molecule has 0 aliphatic heterocycles. The summed E-state index contributed by atoms with van der Waals surface area (Å²) in [6.07, 6.45) is 0. The van der Waals surface area contributed by atoms with Crippen LogP contribution in [0, 0.1) is 13.8 Å². The SMILES string of the molecule is Cc1ccc(Nc2nnc(SCC(=O)NCC(=O)NC(C)C)s2)c(C)c1. The van der Waals surface area contributed by atoms with Crippen molar-refractivity contribution >= 4 is 45.7 Å². The van der Waals surface area contributed by atoms with Crippen LogP contribution >= 0.6 is 23.1 Å². The lowest BCUT2D eigenvalue weighted by Gasteiger charge is -2.08. The molecule has 0 aliphatic carbocycles. The van der Waals surface area contributed by atoms with E-state index in [4.69, 9.17) is 0 Å². The topological polar surface area (TPSA) is 96.0 Å². The Kier molecular flexibility index (Phi) is 7.40. The van der Waals surface area contributed by atoms with Crippen molar-refractivity contribution in [1.29, 1.82) is 0 Å². The van der Waals surface area contributed by atoms with Crippen molar-refractivity contribution in [3.05, 3.63) is 29.3 Å². The third-order valence-electron chi connectivity index (χ3n) is 3.25. The van der Waals surface area contributed by atoms with E-state index < -0.39 is 0 Å². The minimum atomic E-state index is -0.215. The number of thioether (sulfide) groups is 1. The number of benzene rings is 1. The number of hydrogen-bond acceptors (Lipinski definition) is 7. The van der Waals surface area contributed by atoms with Crippen molar-refractivity contribution in [3.63, 3.8) is 0 Å². The van der Waals surface area contributed by atoms with Crippen LogP contribution in [-0.2, 0) is 9.59 Å². The molecule has 0 bridgehead atoms. The number of carbonyl (C=O) groups excluding carboxylic acids is 2. The Hall–Kier alpha value is -2.13. The van der Waals surface area contributed by atoms with Crippen LogP contribution < -0.4 is 16.0 Å². The van der Waals surface area contributed by atoms with E-state index in [-0.39, 0.29) is 30.2 Å². The second kappa shape index (κ2) is 9.54. The van der Waals surface area contributed by atoms with Gasteiger partial charge in [-0.3, -0.25) is 9.59 Å². The number of aryl methyl sites for hydroxylation is 2. The molecule has 2 rings (SSSR count). The number of nitrogens with zero attached hydrogens (tertiary/aromatic N) is 2. The standard InChI is InChI=1S/C17H23N5O2S2/c1-10(2)19-14(23)8-18-15(24)9-25-17-22-21-16(26-17)20-13-6-5-11(3)7-12(13)4/h5-7,10H,8-9H2,1-4H3,(H,18,24)(H,19,23)(H,20,21). The fourth-order valence-electron chi connectivity index (χ4n) is 2.12. The maximum absolute atomic E-state index is 11.8. The molecule has 0 unspecified atom stereocenters. The van der Waals surface area contributed by atoms with Gasteiger partial charge in [0.05, 0.1) is 12.3 Å². The highest BCUT2D eigenvalue weighted by Crippen LogP contribution is 2.28. The van der Waals surface area contributed by atoms with Gasteiger partial charge in [-0.15, -0.1) is 10.2 Å². The van der Waals surface area contributed by atoms with E-state index in [2.05, 4.69) is 32.2 Å². The molecule has 0 atom stereocenters. The summed E-state index contributed by atoms with van der Waals surface area (Å²) in [5.74, 6) is -0.227. The first-order valence-electron chi connectivity index (χ1n) is 8.20. The number of rotatable bonds is 8. The molecule has 0 saturated carbocycles. The van der Waals surface area contributed by atoms with Gasteiger partial charge in [0.1, 0.15) is 0 Å². The molecule has 2 amide bonds. The van der Waals surface area contributed by atoms with Gasteiger partial charge in [0, 0.05) is 11.7 Å². The Labute approximate surface area is 161 Å². The lowest BCUT2D eigenvalue weighted by Crippen LogP contribution is -2.40. The summed E-state index contributed by atoms with van der Waals surface area (Å²) in [6.45, 7) is 7.80. The minimum Gasteiger partial charge on any atom is -0.352 e. The zero-order valence-corrected chi connectivity index (χ0v) is 16.9. The third kappa shape index (κ3) is 6.64. The minimum absolute atomic E-state index is 0.0206. The average Bonchev–Trinajstić information content (AvgIpc) is 3.00. The number of carbonyl (C=O) groups is 2. The first-order chi connectivity index (χ1) is 12.3. The third-order valence-corrected chi connectivity index (χ3v) is 5.22. The van der Waals surface area contributed by atoms with Crippen LogP contribution in [-0.4, -0.2) is 40.4 Å². The normalized spacial score (nSPS) is 10.7. The van der Waals surface area contributed by atoms with Crippen LogP contribution in [0.25, 0.3) is 0 Å². The molecular weight excluding hydrogens is 370 g/mol. The van der Waals surface area contributed by atoms with E-state index in [1.54, 1.807) is 0 Å². The molecule has 0 spiro atoms. The lowest BCUT2D eigenvalue weighted by atomic mass is 10.1. The van der Waals surface area contributed by atoms with Crippen LogP contribution in [0.3, 0.4) is 0 Å². The number of amides is 2. The van der Waals surface area contributed by atoms with Gasteiger partial charge in [-0.1, -0.05) is 40.8 Å². The van der Waals surface area contributed by atoms with Crippen molar-refractivity contribution in [2.45, 2.75) is 38.1 Å². The Morgan fingerprint density at radius 1 is 1.19 bits per heavy atom. The highest BCUT2D eigenvalue weighted by atomic mass is 32.2. The van der Waals surface area contributed by atoms with Crippen molar-refractivity contribution in [2.24, 2.45) is 0 Å². The molecule has 7 nitrogen and oxygen atoms in total. The zero-order chi connectivity index (χ0) is 19.1. The highest BCUT2D eigenvalue weighted by molar-refractivity contribution is 8.01. The van der Waals surface area contributed by atoms with Gasteiger partial charge in [-0.2, -0.15) is 0 Å². The van der Waals surface area contributed by atoms with Gasteiger partial charge in [0.25, 0.3) is 0 Å². The first kappa shape index (κ1) is 20.2. The van der Waals surface area contributed by atoms with Gasteiger partial charge in [0.15, 0.2) is 4.34 Å². The zero-order valence-electron chi connectivity index (χ0n) is 15.3. The van der Waals surface area contributed by atoms with Crippen LogP contribution in [0.1, 0.15) is 25.0 Å². The van der Waals surface area contributed by atoms with Gasteiger partial charge < -0.3 is 16.0 Å². The summed E-state index contributed by atoms with van der Waals surface area (Å²) >= 11 is 2.68. The molecule has 1 heterocycles. The molecule has 9 heteroatoms. The van der Waals surface area contributed by atoms with Crippen molar-refractivity contribution < 1.29 is 9.59 Å². The molecule has 1 aromatic carbocycles. The Morgan fingerprint density at radius 3 is 2.65 bits per heavy atom. The number of hydrogen-bond donors (Lipinski definition) is 3. The molecule has 0 aliphatic rings. The maximum atomic E-state index is 11.8. The quantitative estimate of drug-likeness (QED) is 0.597. The van der Waals surface area contributed by atoms with E-state index in [0.29, 0.717) is 9.47 Å². The summed E-state index contributed by atoms with van der Waals surface area (Å²) < 4.78 is 0.694. The fourth-order valence-corrected chi connectivity index (χ4v) is 3.71. The number of aromatic nitrogens is 2. The Balaban J connectivity index is 1.79. The predicted octanol–water partition coefficient (Wildman–Crippen LogP) is 2.63. The molecule has 0 fully saturated rings. The van der Waals surface area contributed by atoms with E-state index in [9.17, 15) is 9.59 Å².